The largest absolute Gasteiger partial charge is 0.398 e. The molecule has 1 heterocycles. The van der Waals surface area contributed by atoms with Crippen LogP contribution in [0.4, 0.5) is 5.69 Å². The first kappa shape index (κ1) is 14.4. The summed E-state index contributed by atoms with van der Waals surface area (Å²) in [6.07, 6.45) is 5.40. The molecule has 3 rings (SSSR count). The van der Waals surface area contributed by atoms with E-state index in [4.69, 9.17) is 5.73 Å². The lowest BCUT2D eigenvalue weighted by Crippen LogP contribution is -2.46. The smallest absolute Gasteiger partial charge is 0.245 e. The number of anilines is 1. The Labute approximate surface area is 128 Å². The highest BCUT2D eigenvalue weighted by atomic mass is 79.9. The van der Waals surface area contributed by atoms with Gasteiger partial charge in [-0.2, -0.15) is 4.31 Å². The number of hydrogen-bond donors (Lipinski definition) is 1. The lowest BCUT2D eigenvalue weighted by Gasteiger charge is -2.36. The molecule has 1 saturated heterocycles. The van der Waals surface area contributed by atoms with Gasteiger partial charge in [0.1, 0.15) is 4.90 Å². The Bertz CT molecular complexity index is 618. The Kier molecular flexibility index (Phi) is 3.81. The lowest BCUT2D eigenvalue weighted by molar-refractivity contribution is 0.202. The minimum absolute atomic E-state index is 0.178. The standard InChI is InChI=1S/C14H19BrN2O2S/c15-11-6-7-14(12(16)9-11)20(18,19)17-8-2-4-10-3-1-5-13(10)17/h6-7,9-10,13H,1-5,8,16H2. The number of benzene rings is 1. The zero-order valence-electron chi connectivity index (χ0n) is 11.3. The third kappa shape index (κ3) is 2.38. The van der Waals surface area contributed by atoms with E-state index in [9.17, 15) is 8.42 Å². The summed E-state index contributed by atoms with van der Waals surface area (Å²) in [5.74, 6) is 0.537. The second-order valence-electron chi connectivity index (χ2n) is 5.70. The molecule has 1 aromatic rings. The number of sulfonamides is 1. The molecule has 2 N–H and O–H groups in total. The second kappa shape index (κ2) is 5.31. The molecule has 1 aliphatic carbocycles. The van der Waals surface area contributed by atoms with Crippen LogP contribution in [0.25, 0.3) is 0 Å². The van der Waals surface area contributed by atoms with Crippen molar-refractivity contribution < 1.29 is 8.42 Å². The molecular weight excluding hydrogens is 340 g/mol. The van der Waals surface area contributed by atoms with Gasteiger partial charge in [-0.1, -0.05) is 22.4 Å². The summed E-state index contributed by atoms with van der Waals surface area (Å²) >= 11 is 3.32. The van der Waals surface area contributed by atoms with Crippen LogP contribution < -0.4 is 5.73 Å². The maximum absolute atomic E-state index is 12.9. The summed E-state index contributed by atoms with van der Waals surface area (Å²) in [6.45, 7) is 0.624. The van der Waals surface area contributed by atoms with Crippen molar-refractivity contribution in [2.45, 2.75) is 43.0 Å². The second-order valence-corrected chi connectivity index (χ2v) is 8.47. The maximum atomic E-state index is 12.9. The van der Waals surface area contributed by atoms with Gasteiger partial charge in [-0.3, -0.25) is 0 Å². The highest BCUT2D eigenvalue weighted by Gasteiger charge is 2.41. The number of nitrogens with zero attached hydrogens (tertiary/aromatic N) is 1. The average molecular weight is 359 g/mol. The maximum Gasteiger partial charge on any atom is 0.245 e. The number of nitrogen functional groups attached to an aromatic ring is 1. The van der Waals surface area contributed by atoms with E-state index in [1.807, 2.05) is 0 Å². The van der Waals surface area contributed by atoms with E-state index in [0.29, 0.717) is 18.2 Å². The van der Waals surface area contributed by atoms with Crippen molar-refractivity contribution in [2.75, 3.05) is 12.3 Å². The molecule has 6 heteroatoms. The fourth-order valence-electron chi connectivity index (χ4n) is 3.59. The Hall–Kier alpha value is -0.590. The summed E-state index contributed by atoms with van der Waals surface area (Å²) in [7, 11) is -3.48. The normalized spacial score (nSPS) is 27.4. The zero-order chi connectivity index (χ0) is 14.3. The molecule has 20 heavy (non-hydrogen) atoms. The van der Waals surface area contributed by atoms with Crippen LogP contribution in [0.3, 0.4) is 0 Å². The Morgan fingerprint density at radius 3 is 2.70 bits per heavy atom. The molecule has 0 amide bonds. The molecular formula is C14H19BrN2O2S. The summed E-state index contributed by atoms with van der Waals surface area (Å²) in [5.41, 5.74) is 6.23. The van der Waals surface area contributed by atoms with E-state index < -0.39 is 10.0 Å². The predicted octanol–water partition coefficient (Wildman–Crippen LogP) is 2.98. The molecule has 0 spiro atoms. The molecule has 1 aliphatic heterocycles. The van der Waals surface area contributed by atoms with E-state index in [-0.39, 0.29) is 10.9 Å². The molecule has 2 aliphatic rings. The van der Waals surface area contributed by atoms with Gasteiger partial charge >= 0.3 is 0 Å². The number of piperidine rings is 1. The van der Waals surface area contributed by atoms with Crippen LogP contribution in [0.1, 0.15) is 32.1 Å². The first-order chi connectivity index (χ1) is 9.50. The van der Waals surface area contributed by atoms with Crippen LogP contribution in [0.5, 0.6) is 0 Å². The topological polar surface area (TPSA) is 63.4 Å². The predicted molar refractivity (Wildman–Crippen MR) is 82.8 cm³/mol. The van der Waals surface area contributed by atoms with Gasteiger partial charge in [0.15, 0.2) is 0 Å². The van der Waals surface area contributed by atoms with Crippen molar-refractivity contribution in [3.63, 3.8) is 0 Å². The lowest BCUT2D eigenvalue weighted by atomic mass is 9.94. The number of hydrogen-bond acceptors (Lipinski definition) is 3. The zero-order valence-corrected chi connectivity index (χ0v) is 13.7. The van der Waals surface area contributed by atoms with Gasteiger partial charge < -0.3 is 5.73 Å². The summed E-state index contributed by atoms with van der Waals surface area (Å²) in [5, 5.41) is 0. The monoisotopic (exact) mass is 358 g/mol. The van der Waals surface area contributed by atoms with Gasteiger partial charge in [-0.15, -0.1) is 0 Å². The summed E-state index contributed by atoms with van der Waals surface area (Å²) < 4.78 is 28.3. The molecule has 2 fully saturated rings. The molecule has 2 atom stereocenters. The highest BCUT2D eigenvalue weighted by molar-refractivity contribution is 9.10. The van der Waals surface area contributed by atoms with Crippen LogP contribution in [0, 0.1) is 5.92 Å². The van der Waals surface area contributed by atoms with E-state index in [1.165, 1.54) is 0 Å². The van der Waals surface area contributed by atoms with Crippen LogP contribution in [0.15, 0.2) is 27.6 Å². The Balaban J connectivity index is 1.98. The molecule has 0 bridgehead atoms. The first-order valence-electron chi connectivity index (χ1n) is 7.07. The van der Waals surface area contributed by atoms with Crippen LogP contribution in [-0.2, 0) is 10.0 Å². The van der Waals surface area contributed by atoms with Crippen molar-refractivity contribution in [2.24, 2.45) is 5.92 Å². The quantitative estimate of drug-likeness (QED) is 0.826. The number of rotatable bonds is 2. The molecule has 4 nitrogen and oxygen atoms in total. The molecule has 1 aromatic carbocycles. The van der Waals surface area contributed by atoms with Gasteiger partial charge in [0.05, 0.1) is 5.69 Å². The van der Waals surface area contributed by atoms with Gasteiger partial charge in [0.25, 0.3) is 0 Å². The molecule has 1 saturated carbocycles. The first-order valence-corrected chi connectivity index (χ1v) is 9.30. The molecule has 2 unspecified atom stereocenters. The van der Waals surface area contributed by atoms with Gasteiger partial charge in [0, 0.05) is 17.1 Å². The van der Waals surface area contributed by atoms with E-state index in [1.54, 1.807) is 22.5 Å². The van der Waals surface area contributed by atoms with E-state index in [2.05, 4.69) is 15.9 Å². The van der Waals surface area contributed by atoms with Gasteiger partial charge in [-0.25, -0.2) is 8.42 Å². The number of fused-ring (bicyclic) bond motifs is 1. The fraction of sp³-hybridized carbons (Fsp3) is 0.571. The minimum atomic E-state index is -3.48. The van der Waals surface area contributed by atoms with E-state index >= 15 is 0 Å². The third-order valence-electron chi connectivity index (χ3n) is 4.50. The average Bonchev–Trinajstić information content (AvgIpc) is 2.85. The van der Waals surface area contributed by atoms with Gasteiger partial charge in [0.2, 0.25) is 10.0 Å². The number of halogens is 1. The van der Waals surface area contributed by atoms with Crippen molar-refractivity contribution in [1.82, 2.24) is 4.31 Å². The van der Waals surface area contributed by atoms with Crippen LogP contribution in [-0.4, -0.2) is 25.3 Å². The molecule has 110 valence electrons. The van der Waals surface area contributed by atoms with E-state index in [0.717, 1.165) is 36.6 Å². The van der Waals surface area contributed by atoms with Crippen molar-refractivity contribution >= 4 is 31.6 Å². The minimum Gasteiger partial charge on any atom is -0.398 e. The van der Waals surface area contributed by atoms with Crippen molar-refractivity contribution in [3.8, 4) is 0 Å². The summed E-state index contributed by atoms with van der Waals surface area (Å²) in [4.78, 5) is 0.244. The van der Waals surface area contributed by atoms with Crippen LogP contribution in [0.2, 0.25) is 0 Å². The Morgan fingerprint density at radius 2 is 1.95 bits per heavy atom. The highest BCUT2D eigenvalue weighted by Crippen LogP contribution is 2.40. The molecule has 0 radical (unpaired) electrons. The van der Waals surface area contributed by atoms with Gasteiger partial charge in [-0.05, 0) is 49.8 Å². The fourth-order valence-corrected chi connectivity index (χ4v) is 5.82. The van der Waals surface area contributed by atoms with Crippen LogP contribution >= 0.6 is 15.9 Å². The summed E-state index contributed by atoms with van der Waals surface area (Å²) in [6, 6.07) is 5.17. The van der Waals surface area contributed by atoms with Crippen molar-refractivity contribution in [1.29, 1.82) is 0 Å². The third-order valence-corrected chi connectivity index (χ3v) is 6.99. The number of nitrogens with two attached hydrogens (primary N) is 1. The van der Waals surface area contributed by atoms with Crippen molar-refractivity contribution in [3.05, 3.63) is 22.7 Å². The molecule has 0 aromatic heterocycles. The SMILES string of the molecule is Nc1cc(Br)ccc1S(=O)(=O)N1CCCC2CCCC21. The Morgan fingerprint density at radius 1 is 1.20 bits per heavy atom.